The molecule has 15 heavy (non-hydrogen) atoms. The van der Waals surface area contributed by atoms with Gasteiger partial charge in [0.05, 0.1) is 6.20 Å². The lowest BCUT2D eigenvalue weighted by Gasteiger charge is -2.03. The van der Waals surface area contributed by atoms with Gasteiger partial charge in [-0.25, -0.2) is 9.37 Å². The van der Waals surface area contributed by atoms with E-state index in [9.17, 15) is 4.39 Å². The number of ether oxygens (including phenoxy) is 1. The van der Waals surface area contributed by atoms with Crippen molar-refractivity contribution in [3.8, 4) is 11.6 Å². The van der Waals surface area contributed by atoms with Gasteiger partial charge < -0.3 is 4.74 Å². The molecule has 0 unspecified atom stereocenters. The minimum atomic E-state index is -0.390. The smallest absolute Gasteiger partial charge is 0.219 e. The molecular formula is C11H7ClFNO. The Hall–Kier alpha value is -1.61. The lowest BCUT2D eigenvalue weighted by molar-refractivity contribution is 0.459. The normalized spacial score (nSPS) is 10.0. The first-order valence-electron chi connectivity index (χ1n) is 4.29. The fourth-order valence-corrected chi connectivity index (χ4v) is 1.17. The average molecular weight is 224 g/mol. The third-order valence-corrected chi connectivity index (χ3v) is 1.99. The molecule has 2 nitrogen and oxygen atoms in total. The van der Waals surface area contributed by atoms with Crippen molar-refractivity contribution in [2.75, 3.05) is 0 Å². The van der Waals surface area contributed by atoms with Gasteiger partial charge in [0.15, 0.2) is 0 Å². The highest BCUT2D eigenvalue weighted by molar-refractivity contribution is 6.30. The third kappa shape index (κ3) is 2.67. The summed E-state index contributed by atoms with van der Waals surface area (Å²) in [6, 6.07) is 9.60. The van der Waals surface area contributed by atoms with Gasteiger partial charge in [0.25, 0.3) is 0 Å². The lowest BCUT2D eigenvalue weighted by atomic mass is 10.3. The molecular weight excluding hydrogens is 217 g/mol. The van der Waals surface area contributed by atoms with Crippen LogP contribution in [0.3, 0.4) is 0 Å². The zero-order chi connectivity index (χ0) is 10.7. The first kappa shape index (κ1) is 9.93. The molecule has 1 heterocycles. The summed E-state index contributed by atoms with van der Waals surface area (Å²) in [6.45, 7) is 0. The predicted molar refractivity (Wildman–Crippen MR) is 55.7 cm³/mol. The van der Waals surface area contributed by atoms with Crippen LogP contribution >= 0.6 is 11.6 Å². The molecule has 0 amide bonds. The van der Waals surface area contributed by atoms with Crippen LogP contribution in [0, 0.1) is 5.82 Å². The van der Waals surface area contributed by atoms with Gasteiger partial charge in [-0.1, -0.05) is 11.6 Å². The Kier molecular flexibility index (Phi) is 2.83. The van der Waals surface area contributed by atoms with Gasteiger partial charge in [0.1, 0.15) is 11.6 Å². The van der Waals surface area contributed by atoms with Gasteiger partial charge >= 0.3 is 0 Å². The van der Waals surface area contributed by atoms with E-state index in [2.05, 4.69) is 4.98 Å². The monoisotopic (exact) mass is 223 g/mol. The van der Waals surface area contributed by atoms with Gasteiger partial charge in [-0.15, -0.1) is 0 Å². The Bertz CT molecular complexity index is 398. The number of halogens is 2. The molecule has 0 aliphatic heterocycles. The highest BCUT2D eigenvalue weighted by Crippen LogP contribution is 2.21. The van der Waals surface area contributed by atoms with Crippen molar-refractivity contribution in [2.24, 2.45) is 0 Å². The minimum absolute atomic E-state index is 0.346. The largest absolute Gasteiger partial charge is 0.439 e. The molecule has 1 aromatic carbocycles. The zero-order valence-electron chi connectivity index (χ0n) is 7.65. The van der Waals surface area contributed by atoms with Crippen molar-refractivity contribution in [1.82, 2.24) is 4.98 Å². The number of rotatable bonds is 2. The molecule has 0 aliphatic rings. The number of benzene rings is 1. The molecule has 0 saturated carbocycles. The molecule has 0 spiro atoms. The molecule has 0 aliphatic carbocycles. The van der Waals surface area contributed by atoms with Crippen LogP contribution in [-0.4, -0.2) is 4.98 Å². The van der Waals surface area contributed by atoms with Crippen LogP contribution in [0.4, 0.5) is 4.39 Å². The topological polar surface area (TPSA) is 22.1 Å². The van der Waals surface area contributed by atoms with Crippen molar-refractivity contribution in [3.63, 3.8) is 0 Å². The van der Waals surface area contributed by atoms with Gasteiger partial charge in [-0.2, -0.15) is 0 Å². The SMILES string of the molecule is Fc1ccc(Oc2ccc(Cl)cc2)nc1. The lowest BCUT2D eigenvalue weighted by Crippen LogP contribution is -1.87. The summed E-state index contributed by atoms with van der Waals surface area (Å²) >= 11 is 5.71. The van der Waals surface area contributed by atoms with Crippen molar-refractivity contribution >= 4 is 11.6 Å². The summed E-state index contributed by atoms with van der Waals surface area (Å²) in [5, 5.41) is 0.634. The molecule has 0 saturated heterocycles. The summed E-state index contributed by atoms with van der Waals surface area (Å²) < 4.78 is 17.9. The van der Waals surface area contributed by atoms with Gasteiger partial charge in [0.2, 0.25) is 5.88 Å². The summed E-state index contributed by atoms with van der Waals surface area (Å²) in [5.74, 6) is 0.565. The van der Waals surface area contributed by atoms with Crippen molar-refractivity contribution in [3.05, 3.63) is 53.4 Å². The second-order valence-electron chi connectivity index (χ2n) is 2.87. The Balaban J connectivity index is 2.15. The third-order valence-electron chi connectivity index (χ3n) is 1.74. The van der Waals surface area contributed by atoms with Gasteiger partial charge in [-0.05, 0) is 30.3 Å². The zero-order valence-corrected chi connectivity index (χ0v) is 8.41. The maximum absolute atomic E-state index is 12.5. The van der Waals surface area contributed by atoms with Crippen molar-refractivity contribution < 1.29 is 9.13 Å². The van der Waals surface area contributed by atoms with E-state index in [0.717, 1.165) is 6.20 Å². The fraction of sp³-hybridized carbons (Fsp3) is 0. The molecule has 2 aromatic rings. The van der Waals surface area contributed by atoms with Crippen LogP contribution in [0.2, 0.25) is 5.02 Å². The Morgan fingerprint density at radius 1 is 1.07 bits per heavy atom. The minimum Gasteiger partial charge on any atom is -0.439 e. The molecule has 76 valence electrons. The highest BCUT2D eigenvalue weighted by atomic mass is 35.5. The van der Waals surface area contributed by atoms with E-state index in [1.807, 2.05) is 0 Å². The van der Waals surface area contributed by atoms with E-state index < -0.39 is 5.82 Å². The molecule has 2 rings (SSSR count). The van der Waals surface area contributed by atoms with Crippen LogP contribution in [0.15, 0.2) is 42.6 Å². The molecule has 0 radical (unpaired) electrons. The molecule has 0 fully saturated rings. The maximum atomic E-state index is 12.5. The van der Waals surface area contributed by atoms with Crippen LogP contribution < -0.4 is 4.74 Å². The van der Waals surface area contributed by atoms with E-state index in [1.165, 1.54) is 12.1 Å². The van der Waals surface area contributed by atoms with E-state index in [4.69, 9.17) is 16.3 Å². The van der Waals surface area contributed by atoms with Crippen LogP contribution in [0.5, 0.6) is 11.6 Å². The number of nitrogens with zero attached hydrogens (tertiary/aromatic N) is 1. The first-order chi connectivity index (χ1) is 7.24. The number of hydrogen-bond donors (Lipinski definition) is 0. The summed E-state index contributed by atoms with van der Waals surface area (Å²) in [4.78, 5) is 3.77. The molecule has 0 N–H and O–H groups in total. The molecule has 0 bridgehead atoms. The quantitative estimate of drug-likeness (QED) is 0.775. The number of pyridine rings is 1. The van der Waals surface area contributed by atoms with Crippen LogP contribution in [-0.2, 0) is 0 Å². The Morgan fingerprint density at radius 2 is 1.80 bits per heavy atom. The van der Waals surface area contributed by atoms with E-state index >= 15 is 0 Å². The second kappa shape index (κ2) is 4.28. The van der Waals surface area contributed by atoms with Crippen LogP contribution in [0.25, 0.3) is 0 Å². The first-order valence-corrected chi connectivity index (χ1v) is 4.67. The summed E-state index contributed by atoms with van der Waals surface area (Å²) in [7, 11) is 0. The standard InChI is InChI=1S/C11H7ClFNO/c12-8-1-4-10(5-2-8)15-11-6-3-9(13)7-14-11/h1-7H. The molecule has 1 aromatic heterocycles. The van der Waals surface area contributed by atoms with Gasteiger partial charge in [0, 0.05) is 11.1 Å². The van der Waals surface area contributed by atoms with Gasteiger partial charge in [-0.3, -0.25) is 0 Å². The van der Waals surface area contributed by atoms with E-state index in [1.54, 1.807) is 24.3 Å². The van der Waals surface area contributed by atoms with E-state index in [0.29, 0.717) is 16.7 Å². The summed E-state index contributed by atoms with van der Waals surface area (Å²) in [5.41, 5.74) is 0. The predicted octanol–water partition coefficient (Wildman–Crippen LogP) is 3.67. The Labute approximate surface area is 91.3 Å². The fourth-order valence-electron chi connectivity index (χ4n) is 1.05. The number of hydrogen-bond acceptors (Lipinski definition) is 2. The van der Waals surface area contributed by atoms with E-state index in [-0.39, 0.29) is 0 Å². The molecule has 0 atom stereocenters. The van der Waals surface area contributed by atoms with Crippen molar-refractivity contribution in [1.29, 1.82) is 0 Å². The van der Waals surface area contributed by atoms with Crippen LogP contribution in [0.1, 0.15) is 0 Å². The Morgan fingerprint density at radius 3 is 2.40 bits per heavy atom. The van der Waals surface area contributed by atoms with Crippen molar-refractivity contribution in [2.45, 2.75) is 0 Å². The average Bonchev–Trinajstić information content (AvgIpc) is 2.25. The molecule has 4 heteroatoms. The second-order valence-corrected chi connectivity index (χ2v) is 3.31. The maximum Gasteiger partial charge on any atom is 0.219 e. The number of aromatic nitrogens is 1. The highest BCUT2D eigenvalue weighted by Gasteiger charge is 1.98. The summed E-state index contributed by atoms with van der Waals surface area (Å²) in [6.07, 6.45) is 1.10.